The van der Waals surface area contributed by atoms with E-state index in [1.165, 1.54) is 6.42 Å². The number of hydrogen-bond donors (Lipinski definition) is 2. The van der Waals surface area contributed by atoms with Crippen molar-refractivity contribution in [3.8, 4) is 0 Å². The van der Waals surface area contributed by atoms with E-state index in [0.717, 1.165) is 18.5 Å². The molecule has 82 valence electrons. The van der Waals surface area contributed by atoms with E-state index >= 15 is 0 Å². The van der Waals surface area contributed by atoms with Gasteiger partial charge in [0.05, 0.1) is 10.0 Å². The molecule has 0 aliphatic heterocycles. The molecular formula is C11H14Cl2N2. The monoisotopic (exact) mass is 244 g/mol. The molecule has 4 heteroatoms. The summed E-state index contributed by atoms with van der Waals surface area (Å²) in [6, 6.07) is 6.18. The van der Waals surface area contributed by atoms with Gasteiger partial charge in [-0.25, -0.2) is 0 Å². The molecule has 0 aromatic heterocycles. The fraction of sp³-hybridized carbons (Fsp3) is 0.455. The standard InChI is InChI=1S/C11H14Cl2N2/c12-8-5-4-7(6-9(8)13)15-11-3-1-2-10(11)14/h4-6,10-11,15H,1-3,14H2. The van der Waals surface area contributed by atoms with E-state index in [0.29, 0.717) is 16.1 Å². The van der Waals surface area contributed by atoms with Crippen LogP contribution in [-0.2, 0) is 0 Å². The minimum Gasteiger partial charge on any atom is -0.381 e. The lowest BCUT2D eigenvalue weighted by atomic mass is 10.2. The van der Waals surface area contributed by atoms with Gasteiger partial charge in [0.2, 0.25) is 0 Å². The van der Waals surface area contributed by atoms with Crippen molar-refractivity contribution in [2.75, 3.05) is 5.32 Å². The highest BCUT2D eigenvalue weighted by molar-refractivity contribution is 6.42. The third-order valence-electron chi connectivity index (χ3n) is 2.84. The lowest BCUT2D eigenvalue weighted by molar-refractivity contribution is 0.638. The molecule has 2 unspecified atom stereocenters. The molecule has 0 radical (unpaired) electrons. The molecule has 0 spiro atoms. The minimum absolute atomic E-state index is 0.249. The Balaban J connectivity index is 2.07. The van der Waals surface area contributed by atoms with Crippen molar-refractivity contribution in [3.63, 3.8) is 0 Å². The lowest BCUT2D eigenvalue weighted by Crippen LogP contribution is -2.35. The van der Waals surface area contributed by atoms with Gasteiger partial charge in [0.1, 0.15) is 0 Å². The third kappa shape index (κ3) is 2.57. The number of anilines is 1. The molecule has 0 amide bonds. The van der Waals surface area contributed by atoms with Gasteiger partial charge in [-0.15, -0.1) is 0 Å². The molecule has 1 aliphatic rings. The second-order valence-corrected chi connectivity index (χ2v) is 4.79. The van der Waals surface area contributed by atoms with E-state index in [1.807, 2.05) is 12.1 Å². The van der Waals surface area contributed by atoms with Crippen molar-refractivity contribution in [3.05, 3.63) is 28.2 Å². The molecule has 1 aromatic carbocycles. The Kier molecular flexibility index (Phi) is 3.39. The molecule has 1 aromatic rings. The second-order valence-electron chi connectivity index (χ2n) is 3.97. The first-order valence-electron chi connectivity index (χ1n) is 5.14. The summed E-state index contributed by atoms with van der Waals surface area (Å²) in [5.41, 5.74) is 6.97. The van der Waals surface area contributed by atoms with Gasteiger partial charge >= 0.3 is 0 Å². The maximum atomic E-state index is 5.97. The van der Waals surface area contributed by atoms with E-state index in [2.05, 4.69) is 5.32 Å². The summed E-state index contributed by atoms with van der Waals surface area (Å²) in [4.78, 5) is 0. The normalized spacial score (nSPS) is 25.5. The van der Waals surface area contributed by atoms with E-state index in [-0.39, 0.29) is 6.04 Å². The molecule has 1 fully saturated rings. The van der Waals surface area contributed by atoms with Crippen LogP contribution in [0.5, 0.6) is 0 Å². The fourth-order valence-electron chi connectivity index (χ4n) is 1.97. The topological polar surface area (TPSA) is 38.0 Å². The largest absolute Gasteiger partial charge is 0.381 e. The molecule has 2 nitrogen and oxygen atoms in total. The Hall–Kier alpha value is -0.440. The van der Waals surface area contributed by atoms with Crippen LogP contribution in [0.25, 0.3) is 0 Å². The van der Waals surface area contributed by atoms with Gasteiger partial charge in [0, 0.05) is 17.8 Å². The highest BCUT2D eigenvalue weighted by Gasteiger charge is 2.23. The number of nitrogens with two attached hydrogens (primary N) is 1. The molecule has 2 atom stereocenters. The average Bonchev–Trinajstić information content (AvgIpc) is 2.59. The van der Waals surface area contributed by atoms with Crippen molar-refractivity contribution in [1.82, 2.24) is 0 Å². The average molecular weight is 245 g/mol. The molecular weight excluding hydrogens is 231 g/mol. The molecule has 0 bridgehead atoms. The first-order chi connectivity index (χ1) is 7.16. The van der Waals surface area contributed by atoms with Crippen LogP contribution in [-0.4, -0.2) is 12.1 Å². The molecule has 2 rings (SSSR count). The number of halogens is 2. The van der Waals surface area contributed by atoms with Gasteiger partial charge in [-0.2, -0.15) is 0 Å². The predicted octanol–water partition coefficient (Wildman–Crippen LogP) is 3.29. The number of nitrogens with one attached hydrogen (secondary N) is 1. The van der Waals surface area contributed by atoms with Crippen LogP contribution in [0.2, 0.25) is 10.0 Å². The lowest BCUT2D eigenvalue weighted by Gasteiger charge is -2.18. The van der Waals surface area contributed by atoms with Gasteiger partial charge in [0.25, 0.3) is 0 Å². The second kappa shape index (κ2) is 4.60. The molecule has 0 heterocycles. The van der Waals surface area contributed by atoms with Crippen molar-refractivity contribution < 1.29 is 0 Å². The maximum Gasteiger partial charge on any atom is 0.0612 e. The Morgan fingerprint density at radius 3 is 2.60 bits per heavy atom. The molecule has 1 aliphatic carbocycles. The van der Waals surface area contributed by atoms with Crippen LogP contribution < -0.4 is 11.1 Å². The van der Waals surface area contributed by atoms with Gasteiger partial charge in [-0.3, -0.25) is 0 Å². The third-order valence-corrected chi connectivity index (χ3v) is 3.58. The Labute approximate surface area is 99.7 Å². The van der Waals surface area contributed by atoms with E-state index in [1.54, 1.807) is 6.07 Å². The van der Waals surface area contributed by atoms with Crippen molar-refractivity contribution >= 4 is 28.9 Å². The predicted molar refractivity (Wildman–Crippen MR) is 65.7 cm³/mol. The quantitative estimate of drug-likeness (QED) is 0.839. The summed E-state index contributed by atoms with van der Waals surface area (Å²) in [5, 5.41) is 4.55. The van der Waals surface area contributed by atoms with E-state index in [4.69, 9.17) is 28.9 Å². The number of rotatable bonds is 2. The zero-order valence-corrected chi connectivity index (χ0v) is 9.85. The van der Waals surface area contributed by atoms with Crippen molar-refractivity contribution in [1.29, 1.82) is 0 Å². The van der Waals surface area contributed by atoms with Gasteiger partial charge in [0.15, 0.2) is 0 Å². The van der Waals surface area contributed by atoms with Gasteiger partial charge in [-0.1, -0.05) is 23.2 Å². The van der Waals surface area contributed by atoms with Crippen LogP contribution in [0, 0.1) is 0 Å². The van der Waals surface area contributed by atoms with Crippen molar-refractivity contribution in [2.24, 2.45) is 5.73 Å². The number of benzene rings is 1. The fourth-order valence-corrected chi connectivity index (χ4v) is 2.27. The summed E-state index contributed by atoms with van der Waals surface area (Å²) >= 11 is 11.8. The summed E-state index contributed by atoms with van der Waals surface area (Å²) in [6.45, 7) is 0. The van der Waals surface area contributed by atoms with Gasteiger partial charge in [-0.05, 0) is 37.5 Å². The minimum atomic E-state index is 0.249. The first-order valence-corrected chi connectivity index (χ1v) is 5.89. The van der Waals surface area contributed by atoms with Crippen molar-refractivity contribution in [2.45, 2.75) is 31.3 Å². The highest BCUT2D eigenvalue weighted by atomic mass is 35.5. The number of hydrogen-bond acceptors (Lipinski definition) is 2. The maximum absolute atomic E-state index is 5.97. The summed E-state index contributed by atoms with van der Waals surface area (Å²) in [6.07, 6.45) is 3.42. The van der Waals surface area contributed by atoms with Crippen LogP contribution >= 0.6 is 23.2 Å². The van der Waals surface area contributed by atoms with E-state index in [9.17, 15) is 0 Å². The SMILES string of the molecule is NC1CCCC1Nc1ccc(Cl)c(Cl)c1. The molecule has 15 heavy (non-hydrogen) atoms. The molecule has 1 saturated carbocycles. The Morgan fingerprint density at radius 1 is 1.20 bits per heavy atom. The Bertz CT molecular complexity index is 354. The zero-order chi connectivity index (χ0) is 10.8. The van der Waals surface area contributed by atoms with E-state index < -0.39 is 0 Å². The highest BCUT2D eigenvalue weighted by Crippen LogP contribution is 2.27. The van der Waals surface area contributed by atoms with Crippen LogP contribution in [0.1, 0.15) is 19.3 Å². The summed E-state index contributed by atoms with van der Waals surface area (Å²) in [7, 11) is 0. The molecule has 0 saturated heterocycles. The summed E-state index contributed by atoms with van der Waals surface area (Å²) in [5.74, 6) is 0. The Morgan fingerprint density at radius 2 is 2.00 bits per heavy atom. The van der Waals surface area contributed by atoms with Crippen LogP contribution in [0.3, 0.4) is 0 Å². The van der Waals surface area contributed by atoms with Crippen LogP contribution in [0.4, 0.5) is 5.69 Å². The van der Waals surface area contributed by atoms with Gasteiger partial charge < -0.3 is 11.1 Å². The smallest absolute Gasteiger partial charge is 0.0612 e. The zero-order valence-electron chi connectivity index (χ0n) is 8.34. The van der Waals surface area contributed by atoms with Crippen LogP contribution in [0.15, 0.2) is 18.2 Å². The summed E-state index contributed by atoms with van der Waals surface area (Å²) < 4.78 is 0. The molecule has 3 N–H and O–H groups in total. The first kappa shape index (κ1) is 11.1.